The Kier molecular flexibility index (Phi) is 4.89. The Morgan fingerprint density at radius 2 is 2.32 bits per heavy atom. The second kappa shape index (κ2) is 6.65. The number of nitrogens with zero attached hydrogens (tertiary/aromatic N) is 3. The number of carbonyl (C=O) groups excluding carboxylic acids is 1. The summed E-state index contributed by atoms with van der Waals surface area (Å²) in [7, 11) is 0. The van der Waals surface area contributed by atoms with E-state index >= 15 is 0 Å². The first-order valence-electron chi connectivity index (χ1n) is 5.16. The van der Waals surface area contributed by atoms with E-state index < -0.39 is 0 Å². The zero-order valence-electron chi connectivity index (χ0n) is 9.47. The van der Waals surface area contributed by atoms with Crippen molar-refractivity contribution in [1.29, 1.82) is 0 Å². The average molecular weight is 319 g/mol. The molecule has 1 amide bonds. The number of nitrogens with one attached hydrogen (secondary N) is 1. The zero-order chi connectivity index (χ0) is 13.7. The lowest BCUT2D eigenvalue weighted by atomic mass is 10.4. The minimum Gasteiger partial charge on any atom is -0.475 e. The first-order chi connectivity index (χ1) is 9.16. The molecule has 2 aromatic heterocycles. The van der Waals surface area contributed by atoms with E-state index in [9.17, 15) is 4.79 Å². The third-order valence-electron chi connectivity index (χ3n) is 1.99. The number of pyridine rings is 1. The normalized spacial score (nSPS) is 10.2. The molecule has 0 radical (unpaired) electrons. The molecule has 9 heteroatoms. The summed E-state index contributed by atoms with van der Waals surface area (Å²) in [6.45, 7) is 0.536. The molecule has 2 heterocycles. The molecule has 0 unspecified atom stereocenters. The fourth-order valence-electron chi connectivity index (χ4n) is 1.17. The van der Waals surface area contributed by atoms with Crippen LogP contribution in [0.4, 0.5) is 0 Å². The van der Waals surface area contributed by atoms with Crippen molar-refractivity contribution in [2.24, 2.45) is 0 Å². The van der Waals surface area contributed by atoms with Gasteiger partial charge >= 0.3 is 0 Å². The highest BCUT2D eigenvalue weighted by Crippen LogP contribution is 2.24. The Bertz CT molecular complexity index is 565. The van der Waals surface area contributed by atoms with Gasteiger partial charge in [0.2, 0.25) is 5.88 Å². The molecule has 0 bridgehead atoms. The molecule has 0 saturated carbocycles. The van der Waals surface area contributed by atoms with E-state index in [4.69, 9.17) is 27.9 Å². The molecule has 19 heavy (non-hydrogen) atoms. The van der Waals surface area contributed by atoms with Gasteiger partial charge in [-0.2, -0.15) is 0 Å². The molecular formula is C10H8Cl2N4O2S. The first-order valence-corrected chi connectivity index (χ1v) is 6.75. The van der Waals surface area contributed by atoms with Crippen LogP contribution in [0.1, 0.15) is 10.5 Å². The van der Waals surface area contributed by atoms with Crippen LogP contribution in [0.15, 0.2) is 17.6 Å². The van der Waals surface area contributed by atoms with Gasteiger partial charge in [0.15, 0.2) is 5.69 Å². The molecule has 1 N–H and O–H groups in total. The number of rotatable bonds is 5. The molecule has 2 rings (SSSR count). The molecule has 0 aliphatic carbocycles. The molecule has 0 aromatic carbocycles. The Balaban J connectivity index is 1.76. The summed E-state index contributed by atoms with van der Waals surface area (Å²) in [5, 5.41) is 8.59. The van der Waals surface area contributed by atoms with E-state index in [0.29, 0.717) is 16.6 Å². The highest BCUT2D eigenvalue weighted by molar-refractivity contribution is 7.03. The van der Waals surface area contributed by atoms with Gasteiger partial charge in [-0.3, -0.25) is 4.79 Å². The van der Waals surface area contributed by atoms with Gasteiger partial charge in [-0.15, -0.1) is 5.10 Å². The van der Waals surface area contributed by atoms with Gasteiger partial charge in [-0.1, -0.05) is 27.7 Å². The lowest BCUT2D eigenvalue weighted by molar-refractivity contribution is 0.0941. The number of aromatic nitrogens is 3. The fraction of sp³-hybridized carbons (Fsp3) is 0.200. The number of hydrogen-bond acceptors (Lipinski definition) is 6. The van der Waals surface area contributed by atoms with Crippen molar-refractivity contribution in [2.75, 3.05) is 13.2 Å². The third-order valence-corrected chi connectivity index (χ3v) is 2.98. The lowest BCUT2D eigenvalue weighted by Crippen LogP contribution is -2.28. The molecule has 0 aliphatic rings. The molecule has 0 aliphatic heterocycles. The number of carbonyl (C=O) groups is 1. The smallest absolute Gasteiger partial charge is 0.272 e. The highest BCUT2D eigenvalue weighted by Gasteiger charge is 2.08. The quantitative estimate of drug-likeness (QED) is 0.854. The SMILES string of the molecule is O=C(NCCOc1ncc(Cl)cc1Cl)c1csnn1. The second-order valence-electron chi connectivity index (χ2n) is 3.34. The van der Waals surface area contributed by atoms with E-state index in [2.05, 4.69) is 19.9 Å². The van der Waals surface area contributed by atoms with Gasteiger partial charge in [-0.25, -0.2) is 4.98 Å². The van der Waals surface area contributed by atoms with Crippen LogP contribution in [0.5, 0.6) is 5.88 Å². The number of amides is 1. The zero-order valence-corrected chi connectivity index (χ0v) is 11.8. The third kappa shape index (κ3) is 4.02. The predicted octanol–water partition coefficient (Wildman–Crippen LogP) is 2.05. The molecular weight excluding hydrogens is 311 g/mol. The van der Waals surface area contributed by atoms with Crippen LogP contribution in [0.2, 0.25) is 10.0 Å². The number of ether oxygens (including phenoxy) is 1. The Morgan fingerprint density at radius 3 is 3.00 bits per heavy atom. The summed E-state index contributed by atoms with van der Waals surface area (Å²) in [5.41, 5.74) is 0.285. The summed E-state index contributed by atoms with van der Waals surface area (Å²) in [5.74, 6) is -0.0249. The minimum absolute atomic E-state index is 0.234. The monoisotopic (exact) mass is 318 g/mol. The van der Waals surface area contributed by atoms with Crippen LogP contribution in [-0.4, -0.2) is 33.6 Å². The molecule has 0 fully saturated rings. The Labute approximate surface area is 122 Å². The van der Waals surface area contributed by atoms with Crippen molar-refractivity contribution < 1.29 is 9.53 Å². The van der Waals surface area contributed by atoms with Crippen molar-refractivity contribution in [2.45, 2.75) is 0 Å². The van der Waals surface area contributed by atoms with Crippen LogP contribution in [0, 0.1) is 0 Å². The van der Waals surface area contributed by atoms with Crippen molar-refractivity contribution >= 4 is 40.6 Å². The molecule has 0 atom stereocenters. The van der Waals surface area contributed by atoms with Crippen LogP contribution in [0.25, 0.3) is 0 Å². The van der Waals surface area contributed by atoms with Crippen LogP contribution in [-0.2, 0) is 0 Å². The number of halogens is 2. The van der Waals surface area contributed by atoms with E-state index in [1.165, 1.54) is 12.3 Å². The van der Waals surface area contributed by atoms with E-state index in [1.807, 2.05) is 0 Å². The van der Waals surface area contributed by atoms with Crippen molar-refractivity contribution in [3.8, 4) is 5.88 Å². The van der Waals surface area contributed by atoms with Crippen LogP contribution >= 0.6 is 34.7 Å². The Hall–Kier alpha value is -1.44. The van der Waals surface area contributed by atoms with Gasteiger partial charge in [0.1, 0.15) is 11.6 Å². The van der Waals surface area contributed by atoms with Gasteiger partial charge < -0.3 is 10.1 Å². The second-order valence-corrected chi connectivity index (χ2v) is 4.79. The molecule has 0 saturated heterocycles. The van der Waals surface area contributed by atoms with Crippen molar-refractivity contribution in [3.63, 3.8) is 0 Å². The molecule has 0 spiro atoms. The van der Waals surface area contributed by atoms with Gasteiger partial charge in [0.25, 0.3) is 5.91 Å². The lowest BCUT2D eigenvalue weighted by Gasteiger charge is -2.07. The maximum absolute atomic E-state index is 11.5. The highest BCUT2D eigenvalue weighted by atomic mass is 35.5. The topological polar surface area (TPSA) is 77.0 Å². The van der Waals surface area contributed by atoms with Gasteiger partial charge in [0, 0.05) is 11.6 Å². The average Bonchev–Trinajstić information content (AvgIpc) is 2.90. The standard InChI is InChI=1S/C10H8Cl2N4O2S/c11-6-3-7(12)10(14-4-6)18-2-1-13-9(17)8-5-19-16-15-8/h3-5H,1-2H2,(H,13,17). The molecule has 100 valence electrons. The van der Waals surface area contributed by atoms with Gasteiger partial charge in [-0.05, 0) is 17.6 Å². The molecule has 6 nitrogen and oxygen atoms in total. The first kappa shape index (κ1) is 14.0. The van der Waals surface area contributed by atoms with Crippen molar-refractivity contribution in [1.82, 2.24) is 19.9 Å². The summed E-state index contributed by atoms with van der Waals surface area (Å²) in [6, 6.07) is 1.53. The van der Waals surface area contributed by atoms with E-state index in [1.54, 1.807) is 5.38 Å². The van der Waals surface area contributed by atoms with Crippen molar-refractivity contribution in [3.05, 3.63) is 33.4 Å². The minimum atomic E-state index is -0.299. The summed E-state index contributed by atoms with van der Waals surface area (Å²) < 4.78 is 8.91. The predicted molar refractivity (Wildman–Crippen MR) is 72.0 cm³/mol. The largest absolute Gasteiger partial charge is 0.475 e. The number of hydrogen-bond donors (Lipinski definition) is 1. The Morgan fingerprint density at radius 1 is 1.47 bits per heavy atom. The fourth-order valence-corrected chi connectivity index (χ4v) is 2.05. The van der Waals surface area contributed by atoms with Gasteiger partial charge in [0.05, 0.1) is 11.6 Å². The summed E-state index contributed by atoms with van der Waals surface area (Å²) in [4.78, 5) is 15.4. The molecule has 2 aromatic rings. The van der Waals surface area contributed by atoms with Crippen LogP contribution < -0.4 is 10.1 Å². The van der Waals surface area contributed by atoms with E-state index in [0.717, 1.165) is 11.5 Å². The maximum Gasteiger partial charge on any atom is 0.272 e. The van der Waals surface area contributed by atoms with E-state index in [-0.39, 0.29) is 24.1 Å². The summed E-state index contributed by atoms with van der Waals surface area (Å²) >= 11 is 12.7. The maximum atomic E-state index is 11.5. The summed E-state index contributed by atoms with van der Waals surface area (Å²) in [6.07, 6.45) is 1.43. The van der Waals surface area contributed by atoms with Crippen LogP contribution in [0.3, 0.4) is 0 Å².